The van der Waals surface area contributed by atoms with Crippen molar-refractivity contribution in [2.45, 2.75) is 57.1 Å². The van der Waals surface area contributed by atoms with Crippen molar-refractivity contribution in [3.05, 3.63) is 0 Å². The van der Waals surface area contributed by atoms with E-state index >= 15 is 0 Å². The van der Waals surface area contributed by atoms with E-state index in [1.54, 1.807) is 0 Å². The van der Waals surface area contributed by atoms with Crippen LogP contribution in [0.2, 0.25) is 0 Å². The maximum absolute atomic E-state index is 10.3. The first-order chi connectivity index (χ1) is 7.68. The first-order valence-corrected chi connectivity index (χ1v) is 6.71. The van der Waals surface area contributed by atoms with Gasteiger partial charge in [0.1, 0.15) is 0 Å². The van der Waals surface area contributed by atoms with Crippen molar-refractivity contribution in [1.29, 1.82) is 0 Å². The highest BCUT2D eigenvalue weighted by Gasteiger charge is 2.30. The third kappa shape index (κ3) is 3.44. The molecule has 2 fully saturated rings. The summed E-state index contributed by atoms with van der Waals surface area (Å²) < 4.78 is 5.28. The van der Waals surface area contributed by atoms with Gasteiger partial charge in [0.2, 0.25) is 0 Å². The van der Waals surface area contributed by atoms with E-state index in [0.29, 0.717) is 19.3 Å². The zero-order chi connectivity index (χ0) is 11.4. The summed E-state index contributed by atoms with van der Waals surface area (Å²) in [6.45, 7) is 4.50. The van der Waals surface area contributed by atoms with Gasteiger partial charge in [-0.25, -0.2) is 0 Å². The van der Waals surface area contributed by atoms with Crippen molar-refractivity contribution in [1.82, 2.24) is 5.32 Å². The van der Waals surface area contributed by atoms with E-state index in [4.69, 9.17) is 4.74 Å². The van der Waals surface area contributed by atoms with Crippen molar-refractivity contribution in [2.24, 2.45) is 5.92 Å². The first-order valence-electron chi connectivity index (χ1n) is 6.71. The number of rotatable bonds is 3. The van der Waals surface area contributed by atoms with Gasteiger partial charge in [-0.3, -0.25) is 0 Å². The molecular weight excluding hydrogens is 202 g/mol. The van der Waals surface area contributed by atoms with Crippen LogP contribution in [0.5, 0.6) is 0 Å². The normalized spacial score (nSPS) is 34.9. The highest BCUT2D eigenvalue weighted by molar-refractivity contribution is 4.86. The molecule has 0 bridgehead atoms. The van der Waals surface area contributed by atoms with Crippen LogP contribution in [0.25, 0.3) is 0 Å². The number of ether oxygens (including phenoxy) is 1. The van der Waals surface area contributed by atoms with E-state index in [0.717, 1.165) is 25.3 Å². The minimum Gasteiger partial charge on any atom is -0.388 e. The van der Waals surface area contributed by atoms with Gasteiger partial charge in [-0.05, 0) is 31.6 Å². The molecule has 0 spiro atoms. The number of hydrogen-bond donors (Lipinski definition) is 2. The molecular formula is C13H25NO2. The maximum Gasteiger partial charge on any atom is 0.0815 e. The van der Waals surface area contributed by atoms with Crippen LogP contribution in [0.4, 0.5) is 0 Å². The molecule has 2 aliphatic rings. The fraction of sp³-hybridized carbons (Fsp3) is 1.00. The van der Waals surface area contributed by atoms with E-state index in [1.165, 1.54) is 25.7 Å². The topological polar surface area (TPSA) is 41.5 Å². The Morgan fingerprint density at radius 1 is 1.19 bits per heavy atom. The standard InChI is InChI=1S/C13H25NO2/c1-11-2-4-12(5-3-11)14-10-13(15)6-8-16-9-7-13/h11-12,14-15H,2-10H2,1H3. The monoisotopic (exact) mass is 227 g/mol. The lowest BCUT2D eigenvalue weighted by Crippen LogP contribution is -2.48. The van der Waals surface area contributed by atoms with Gasteiger partial charge in [-0.2, -0.15) is 0 Å². The van der Waals surface area contributed by atoms with Crippen LogP contribution in [0.15, 0.2) is 0 Å². The van der Waals surface area contributed by atoms with E-state index in [9.17, 15) is 5.11 Å². The lowest BCUT2D eigenvalue weighted by Gasteiger charge is -2.35. The maximum atomic E-state index is 10.3. The minimum atomic E-state index is -0.513. The smallest absolute Gasteiger partial charge is 0.0815 e. The average molecular weight is 227 g/mol. The Bertz CT molecular complexity index is 206. The van der Waals surface area contributed by atoms with Crippen molar-refractivity contribution >= 4 is 0 Å². The summed E-state index contributed by atoms with van der Waals surface area (Å²) in [6, 6.07) is 0.628. The van der Waals surface area contributed by atoms with Crippen LogP contribution >= 0.6 is 0 Å². The summed E-state index contributed by atoms with van der Waals surface area (Å²) in [5.74, 6) is 0.893. The van der Waals surface area contributed by atoms with Crippen LogP contribution < -0.4 is 5.32 Å². The summed E-state index contributed by atoms with van der Waals surface area (Å²) in [6.07, 6.45) is 6.77. The summed E-state index contributed by atoms with van der Waals surface area (Å²) in [5, 5.41) is 13.9. The molecule has 0 atom stereocenters. The first kappa shape index (κ1) is 12.3. The molecule has 0 radical (unpaired) electrons. The number of aliphatic hydroxyl groups is 1. The van der Waals surface area contributed by atoms with Crippen molar-refractivity contribution in [3.8, 4) is 0 Å². The van der Waals surface area contributed by atoms with Gasteiger partial charge in [0.25, 0.3) is 0 Å². The van der Waals surface area contributed by atoms with Gasteiger partial charge in [0, 0.05) is 38.6 Å². The second-order valence-electron chi connectivity index (χ2n) is 5.67. The fourth-order valence-electron chi connectivity index (χ4n) is 2.73. The van der Waals surface area contributed by atoms with Crippen LogP contribution in [-0.4, -0.2) is 36.5 Å². The Hall–Kier alpha value is -0.120. The molecule has 3 heteroatoms. The second kappa shape index (κ2) is 5.48. The van der Waals surface area contributed by atoms with Gasteiger partial charge in [-0.1, -0.05) is 6.92 Å². The van der Waals surface area contributed by atoms with Gasteiger partial charge in [0.15, 0.2) is 0 Å². The molecule has 0 aromatic carbocycles. The average Bonchev–Trinajstić information content (AvgIpc) is 2.29. The van der Waals surface area contributed by atoms with Crippen LogP contribution in [0.3, 0.4) is 0 Å². The van der Waals surface area contributed by atoms with Crippen LogP contribution in [0.1, 0.15) is 45.4 Å². The van der Waals surface area contributed by atoms with E-state index in [2.05, 4.69) is 12.2 Å². The van der Waals surface area contributed by atoms with E-state index < -0.39 is 5.60 Å². The molecule has 2 N–H and O–H groups in total. The third-order valence-corrected chi connectivity index (χ3v) is 4.16. The zero-order valence-electron chi connectivity index (χ0n) is 10.4. The van der Waals surface area contributed by atoms with Crippen LogP contribution in [-0.2, 0) is 4.74 Å². The summed E-state index contributed by atoms with van der Waals surface area (Å²) in [4.78, 5) is 0. The van der Waals surface area contributed by atoms with Gasteiger partial charge in [-0.15, -0.1) is 0 Å². The Kier molecular flexibility index (Phi) is 4.22. The van der Waals surface area contributed by atoms with Gasteiger partial charge < -0.3 is 15.2 Å². The zero-order valence-corrected chi connectivity index (χ0v) is 10.4. The predicted octanol–water partition coefficient (Wildman–Crippen LogP) is 1.70. The fourth-order valence-corrected chi connectivity index (χ4v) is 2.73. The molecule has 16 heavy (non-hydrogen) atoms. The molecule has 1 saturated carbocycles. The second-order valence-corrected chi connectivity index (χ2v) is 5.67. The molecule has 1 aliphatic heterocycles. The third-order valence-electron chi connectivity index (χ3n) is 4.16. The Morgan fingerprint density at radius 2 is 1.81 bits per heavy atom. The lowest BCUT2D eigenvalue weighted by molar-refractivity contribution is -0.0633. The Labute approximate surface area is 98.6 Å². The lowest BCUT2D eigenvalue weighted by atomic mass is 9.86. The van der Waals surface area contributed by atoms with Gasteiger partial charge in [0.05, 0.1) is 5.60 Å². The van der Waals surface area contributed by atoms with Crippen molar-refractivity contribution < 1.29 is 9.84 Å². The Balaban J connectivity index is 1.70. The minimum absolute atomic E-state index is 0.513. The Morgan fingerprint density at radius 3 is 2.44 bits per heavy atom. The highest BCUT2D eigenvalue weighted by Crippen LogP contribution is 2.25. The van der Waals surface area contributed by atoms with Crippen LogP contribution in [0, 0.1) is 5.92 Å². The molecule has 3 nitrogen and oxygen atoms in total. The quantitative estimate of drug-likeness (QED) is 0.771. The molecule has 0 aromatic heterocycles. The predicted molar refractivity (Wildman–Crippen MR) is 64.4 cm³/mol. The van der Waals surface area contributed by atoms with E-state index in [1.807, 2.05) is 0 Å². The van der Waals surface area contributed by atoms with Gasteiger partial charge >= 0.3 is 0 Å². The molecule has 1 saturated heterocycles. The number of nitrogens with one attached hydrogen (secondary N) is 1. The summed E-state index contributed by atoms with van der Waals surface area (Å²) in [5.41, 5.74) is -0.513. The molecule has 94 valence electrons. The SMILES string of the molecule is CC1CCC(NCC2(O)CCOCC2)CC1. The molecule has 1 heterocycles. The summed E-state index contributed by atoms with van der Waals surface area (Å²) >= 11 is 0. The molecule has 2 rings (SSSR count). The molecule has 0 aromatic rings. The summed E-state index contributed by atoms with van der Waals surface area (Å²) in [7, 11) is 0. The highest BCUT2D eigenvalue weighted by atomic mass is 16.5. The number of hydrogen-bond acceptors (Lipinski definition) is 3. The molecule has 0 amide bonds. The van der Waals surface area contributed by atoms with E-state index in [-0.39, 0.29) is 0 Å². The molecule has 0 unspecified atom stereocenters. The van der Waals surface area contributed by atoms with Crippen molar-refractivity contribution in [2.75, 3.05) is 19.8 Å². The molecule has 1 aliphatic carbocycles. The largest absolute Gasteiger partial charge is 0.388 e. The van der Waals surface area contributed by atoms with Crippen molar-refractivity contribution in [3.63, 3.8) is 0 Å².